The van der Waals surface area contributed by atoms with Crippen LogP contribution in [0.1, 0.15) is 90.2 Å². The summed E-state index contributed by atoms with van der Waals surface area (Å²) in [6.45, 7) is 9.87. The van der Waals surface area contributed by atoms with Crippen molar-refractivity contribution in [3.05, 3.63) is 170 Å². The van der Waals surface area contributed by atoms with Crippen LogP contribution in [-0.4, -0.2) is 61.4 Å². The van der Waals surface area contributed by atoms with Crippen molar-refractivity contribution in [2.24, 2.45) is 0 Å². The van der Waals surface area contributed by atoms with Crippen LogP contribution >= 0.6 is 31.7 Å². The predicted octanol–water partition coefficient (Wildman–Crippen LogP) is 16.2. The number of rotatable bonds is 12. The fourth-order valence-electron chi connectivity index (χ4n) is 8.29. The van der Waals surface area contributed by atoms with Crippen LogP contribution in [0.15, 0.2) is 159 Å². The second-order valence-electron chi connectivity index (χ2n) is 17.0. The van der Waals surface area contributed by atoms with Crippen LogP contribution in [0, 0.1) is 6.92 Å². The first-order valence-corrected chi connectivity index (χ1v) is 29.9. The molecule has 0 bridgehead atoms. The summed E-state index contributed by atoms with van der Waals surface area (Å²) in [4.78, 5) is 56.7. The SMILES string of the molecule is CC.CC(=O)Cc1ccnc(-c2cc(C)ccn2)c1.CCCCCCCCCCS.[Cl][Pd][Cl].[Ru+2].c1ccc(-c2ccccn2)nc1.c1cnc2c(c1)c1nc3c4cccnc4c4ncccc4c3nc1c1cccnc12. The Labute approximate surface area is 480 Å². The maximum Gasteiger partial charge on any atom is 2.00 e. The van der Waals surface area contributed by atoms with Gasteiger partial charge in [0.25, 0.3) is 0 Å². The van der Waals surface area contributed by atoms with Gasteiger partial charge in [0.2, 0.25) is 0 Å². The summed E-state index contributed by atoms with van der Waals surface area (Å²) in [6, 6.07) is 35.1. The number of hydrogen-bond donors (Lipinski definition) is 1. The number of aryl methyl sites for hydroxylation is 1. The molecule has 16 heteroatoms. The Hall–Kier alpha value is -5.83. The number of ketones is 1. The average molecular weight is 1250 g/mol. The minimum atomic E-state index is -0.106. The second kappa shape index (κ2) is 33.4. The Bertz CT molecular complexity index is 3220. The fourth-order valence-corrected chi connectivity index (χ4v) is 8.51. The maximum absolute atomic E-state index is 11.1. The summed E-state index contributed by atoms with van der Waals surface area (Å²) in [5.74, 6) is 1.22. The number of nitrogens with zero attached hydrogens (tertiary/aromatic N) is 10. The number of aromatic nitrogens is 10. The van der Waals surface area contributed by atoms with Crippen molar-refractivity contribution >= 4 is 103 Å². The molecule has 0 aliphatic rings. The Morgan fingerprint density at radius 3 is 1.20 bits per heavy atom. The first-order valence-electron chi connectivity index (χ1n) is 25.2. The summed E-state index contributed by atoms with van der Waals surface area (Å²) < 4.78 is 0. The van der Waals surface area contributed by atoms with Crippen LogP contribution in [0.25, 0.3) is 88.5 Å². The largest absolute Gasteiger partial charge is 2.00 e. The predicted molar refractivity (Wildman–Crippen MR) is 312 cm³/mol. The van der Waals surface area contributed by atoms with Crippen molar-refractivity contribution in [3.8, 4) is 22.8 Å². The molecule has 0 unspecified atom stereocenters. The monoisotopic (exact) mass is 1250 g/mol. The molecular formula is C60H62Cl2N10OPdRuS+2. The number of Topliss-reactive ketones (excluding diaryl/α,β-unsaturated/α-hetero) is 1. The van der Waals surface area contributed by atoms with E-state index in [2.05, 4.69) is 59.4 Å². The maximum atomic E-state index is 11.1. The first-order chi connectivity index (χ1) is 36.8. The first kappa shape index (κ1) is 61.0. The molecule has 2 aromatic carbocycles. The van der Waals surface area contributed by atoms with Crippen molar-refractivity contribution in [2.75, 3.05) is 5.75 Å². The van der Waals surface area contributed by atoms with Crippen LogP contribution in [0.5, 0.6) is 0 Å². The number of hydrogen-bond acceptors (Lipinski definition) is 12. The van der Waals surface area contributed by atoms with E-state index in [-0.39, 0.29) is 41.2 Å². The summed E-state index contributed by atoms with van der Waals surface area (Å²) in [5, 5.41) is 3.76. The fraction of sp³-hybridized carbons (Fsp3) is 0.250. The standard InChI is InChI=1S/C24H12N6.C14H14N2O.C10H8N2.C10H22S.C2H6.2ClH.Pd.Ru/c1-5-13-17(25-9-1)18-14(6-2-10-26-18)22-21(13)29-23-15-7-3-11-27-19(15)20-16(24(23)30-22)8-4-12-28-20;1-10-3-5-15-13(7-10)14-9-12(4-6-16-14)8-11(2)17;1-3-7-11-9(5-1)10-6-2-4-8-12-10;1-2-3-4-5-6-7-8-9-10-11;1-2;;;;/h1-12H;3-7,9H,8H2,1-2H3;1-8H;11H,2-10H2,1H3;1-2H3;2*1H;;/q;;;;;;;2*+2/p-2. The zero-order valence-electron chi connectivity index (χ0n) is 43.3. The van der Waals surface area contributed by atoms with Crippen molar-refractivity contribution in [2.45, 2.75) is 92.4 Å². The smallest absolute Gasteiger partial charge is 0.255 e. The molecule has 76 heavy (non-hydrogen) atoms. The van der Waals surface area contributed by atoms with Crippen molar-refractivity contribution in [1.82, 2.24) is 49.8 Å². The normalized spacial score (nSPS) is 10.4. The summed E-state index contributed by atoms with van der Waals surface area (Å²) in [7, 11) is 9.63. The summed E-state index contributed by atoms with van der Waals surface area (Å²) >= 11 is 4.07. The molecule has 11 rings (SSSR count). The van der Waals surface area contributed by atoms with E-state index in [1.807, 2.05) is 130 Å². The molecule has 9 heterocycles. The van der Waals surface area contributed by atoms with Crippen molar-refractivity contribution in [1.29, 1.82) is 0 Å². The van der Waals surface area contributed by atoms with Gasteiger partial charge in [0, 0.05) is 77.5 Å². The zero-order valence-corrected chi connectivity index (χ0v) is 49.0. The van der Waals surface area contributed by atoms with E-state index in [9.17, 15) is 4.79 Å². The molecule has 9 aromatic heterocycles. The Morgan fingerprint density at radius 1 is 0.461 bits per heavy atom. The molecule has 0 N–H and O–H groups in total. The number of benzene rings is 2. The molecule has 11 aromatic rings. The van der Waals surface area contributed by atoms with Crippen LogP contribution < -0.4 is 0 Å². The van der Waals surface area contributed by atoms with E-state index < -0.39 is 0 Å². The topological polar surface area (TPSA) is 146 Å². The molecule has 0 spiro atoms. The van der Waals surface area contributed by atoms with Gasteiger partial charge in [0.1, 0.15) is 5.78 Å². The van der Waals surface area contributed by atoms with Gasteiger partial charge in [0.05, 0.1) is 66.9 Å². The third-order valence-electron chi connectivity index (χ3n) is 11.7. The van der Waals surface area contributed by atoms with E-state index >= 15 is 0 Å². The second-order valence-corrected chi connectivity index (χ2v) is 19.8. The molecule has 394 valence electrons. The minimum absolute atomic E-state index is 0. The Morgan fingerprint density at radius 2 is 0.829 bits per heavy atom. The molecule has 0 aliphatic carbocycles. The molecule has 0 saturated carbocycles. The van der Waals surface area contributed by atoms with Crippen molar-refractivity contribution < 1.29 is 40.2 Å². The van der Waals surface area contributed by atoms with E-state index in [1.54, 1.807) is 56.5 Å². The molecule has 0 aliphatic heterocycles. The molecule has 0 saturated heterocycles. The number of carbonyl (C=O) groups is 1. The number of thiol groups is 1. The number of fused-ring (bicyclic) bond motifs is 12. The quantitative estimate of drug-likeness (QED) is 0.0410. The number of unbranched alkanes of at least 4 members (excludes halogenated alkanes) is 7. The van der Waals surface area contributed by atoms with Crippen LogP contribution in [0.2, 0.25) is 0 Å². The Kier molecular flexibility index (Phi) is 26.8. The van der Waals surface area contributed by atoms with E-state index in [4.69, 9.17) is 29.0 Å². The van der Waals surface area contributed by atoms with Crippen LogP contribution in [0.4, 0.5) is 0 Å². The molecular weight excluding hydrogens is 1190 g/mol. The van der Waals surface area contributed by atoms with Gasteiger partial charge < -0.3 is 0 Å². The molecule has 0 fully saturated rings. The zero-order chi connectivity index (χ0) is 53.2. The average Bonchev–Trinajstić information content (AvgIpc) is 3.50. The minimum Gasteiger partial charge on any atom is -0.255 e. The van der Waals surface area contributed by atoms with Gasteiger partial charge in [-0.1, -0.05) is 77.8 Å². The molecule has 0 atom stereocenters. The molecule has 11 nitrogen and oxygen atoms in total. The van der Waals surface area contributed by atoms with Gasteiger partial charge in [-0.25, -0.2) is 9.97 Å². The molecule has 0 amide bonds. The molecule has 0 radical (unpaired) electrons. The number of pyridine rings is 8. The van der Waals surface area contributed by atoms with E-state index in [1.165, 1.54) is 51.4 Å². The van der Waals surface area contributed by atoms with Crippen molar-refractivity contribution in [3.63, 3.8) is 0 Å². The van der Waals surface area contributed by atoms with E-state index in [0.717, 1.165) is 105 Å². The summed E-state index contributed by atoms with van der Waals surface area (Å²) in [5.41, 5.74) is 12.2. The van der Waals surface area contributed by atoms with Gasteiger partial charge in [-0.2, -0.15) is 12.6 Å². The number of carbonyl (C=O) groups excluding carboxylic acids is 1. The van der Waals surface area contributed by atoms with Gasteiger partial charge in [-0.05, 0) is 134 Å². The van der Waals surface area contributed by atoms with Crippen LogP contribution in [0.3, 0.4) is 0 Å². The number of halogens is 2. The van der Waals surface area contributed by atoms with Gasteiger partial charge in [-0.3, -0.25) is 44.7 Å². The van der Waals surface area contributed by atoms with E-state index in [0.29, 0.717) is 6.42 Å². The third-order valence-corrected chi connectivity index (χ3v) is 12.0. The van der Waals surface area contributed by atoms with Gasteiger partial charge >= 0.3 is 54.5 Å². The van der Waals surface area contributed by atoms with Crippen LogP contribution in [-0.2, 0) is 46.6 Å². The Balaban J connectivity index is 0.000000198. The summed E-state index contributed by atoms with van der Waals surface area (Å²) in [6.07, 6.45) is 25.8. The van der Waals surface area contributed by atoms with Gasteiger partial charge in [0.15, 0.2) is 0 Å². The third kappa shape index (κ3) is 17.1. The van der Waals surface area contributed by atoms with Gasteiger partial charge in [-0.15, -0.1) is 0 Å².